The maximum Gasteiger partial charge on any atom is 0.291 e. The number of amides is 1. The fraction of sp³-hybridized carbons (Fsp3) is 0.348. The number of benzene rings is 1. The van der Waals surface area contributed by atoms with Gasteiger partial charge in [0, 0.05) is 17.1 Å². The number of aromatic nitrogens is 2. The molecule has 3 aromatic rings. The summed E-state index contributed by atoms with van der Waals surface area (Å²) >= 11 is 0. The molecule has 9 nitrogen and oxygen atoms in total. The van der Waals surface area contributed by atoms with Crippen LogP contribution in [0.1, 0.15) is 47.0 Å². The van der Waals surface area contributed by atoms with Crippen LogP contribution in [0.15, 0.2) is 51.8 Å². The van der Waals surface area contributed by atoms with Crippen LogP contribution in [-0.2, 0) is 16.6 Å². The van der Waals surface area contributed by atoms with Crippen molar-refractivity contribution in [2.24, 2.45) is 0 Å². The number of carbonyl (C=O) groups is 1. The summed E-state index contributed by atoms with van der Waals surface area (Å²) in [4.78, 5) is 23.1. The zero-order valence-corrected chi connectivity index (χ0v) is 19.5. The van der Waals surface area contributed by atoms with Gasteiger partial charge >= 0.3 is 0 Å². The van der Waals surface area contributed by atoms with Gasteiger partial charge in [0.2, 0.25) is 5.95 Å². The molecule has 10 heteroatoms. The highest BCUT2D eigenvalue weighted by atomic mass is 32.2. The van der Waals surface area contributed by atoms with Gasteiger partial charge in [-0.2, -0.15) is 0 Å². The van der Waals surface area contributed by atoms with E-state index in [1.54, 1.807) is 26.0 Å². The van der Waals surface area contributed by atoms with Crippen molar-refractivity contribution in [1.82, 2.24) is 14.9 Å². The van der Waals surface area contributed by atoms with Gasteiger partial charge in [-0.1, -0.05) is 6.42 Å². The van der Waals surface area contributed by atoms with Crippen LogP contribution in [0.5, 0.6) is 0 Å². The monoisotopic (exact) mass is 469 g/mol. The summed E-state index contributed by atoms with van der Waals surface area (Å²) in [6, 6.07) is 11.1. The van der Waals surface area contributed by atoms with Crippen molar-refractivity contribution in [3.8, 4) is 0 Å². The molecule has 0 unspecified atom stereocenters. The summed E-state index contributed by atoms with van der Waals surface area (Å²) in [5.74, 6) is 0.593. The fourth-order valence-electron chi connectivity index (χ4n) is 3.78. The summed E-state index contributed by atoms with van der Waals surface area (Å²) in [5, 5.41) is 2.73. The number of nitrogens with one attached hydrogen (secondary N) is 2. The first-order valence-corrected chi connectivity index (χ1v) is 12.3. The molecule has 0 aliphatic carbocycles. The molecule has 0 radical (unpaired) electrons. The minimum Gasteiger partial charge on any atom is -0.455 e. The van der Waals surface area contributed by atoms with E-state index in [1.165, 1.54) is 43.5 Å². The molecule has 1 fully saturated rings. The summed E-state index contributed by atoms with van der Waals surface area (Å²) < 4.78 is 33.4. The van der Waals surface area contributed by atoms with E-state index in [9.17, 15) is 13.2 Å². The van der Waals surface area contributed by atoms with E-state index in [0.717, 1.165) is 18.8 Å². The van der Waals surface area contributed by atoms with Crippen LogP contribution in [0, 0.1) is 13.8 Å². The molecule has 1 aromatic carbocycles. The van der Waals surface area contributed by atoms with Gasteiger partial charge < -0.3 is 9.73 Å². The number of aryl methyl sites for hydroxylation is 2. The lowest BCUT2D eigenvalue weighted by Gasteiger charge is -2.25. The van der Waals surface area contributed by atoms with E-state index in [1.807, 2.05) is 6.07 Å². The SMILES string of the molecule is Cc1cc(C)nc(NS(=O)(=O)c2ccc(NC(=O)c3ccc(CN4CCCCC4)o3)cc2)n1. The second kappa shape index (κ2) is 9.72. The number of furan rings is 1. The van der Waals surface area contributed by atoms with Crippen LogP contribution in [0.4, 0.5) is 11.6 Å². The van der Waals surface area contributed by atoms with Gasteiger partial charge in [-0.3, -0.25) is 9.69 Å². The number of piperidine rings is 1. The molecule has 2 aromatic heterocycles. The Labute approximate surface area is 193 Å². The van der Waals surface area contributed by atoms with Crippen molar-refractivity contribution in [2.75, 3.05) is 23.1 Å². The first-order valence-electron chi connectivity index (χ1n) is 10.9. The predicted octanol–water partition coefficient (Wildman–Crippen LogP) is 3.73. The van der Waals surface area contributed by atoms with Crippen molar-refractivity contribution < 1.29 is 17.6 Å². The maximum atomic E-state index is 12.6. The average molecular weight is 470 g/mol. The van der Waals surface area contributed by atoms with E-state index in [-0.39, 0.29) is 16.6 Å². The summed E-state index contributed by atoms with van der Waals surface area (Å²) in [5.41, 5.74) is 1.78. The van der Waals surface area contributed by atoms with Crippen molar-refractivity contribution in [3.05, 3.63) is 65.4 Å². The number of rotatable bonds is 7. The molecule has 1 aliphatic rings. The van der Waals surface area contributed by atoms with Crippen LogP contribution in [0.2, 0.25) is 0 Å². The lowest BCUT2D eigenvalue weighted by Crippen LogP contribution is -2.28. The topological polar surface area (TPSA) is 117 Å². The predicted molar refractivity (Wildman–Crippen MR) is 125 cm³/mol. The third kappa shape index (κ3) is 5.96. The Kier molecular flexibility index (Phi) is 6.75. The molecule has 1 amide bonds. The summed E-state index contributed by atoms with van der Waals surface area (Å²) in [7, 11) is -3.87. The molecular formula is C23H27N5O4S. The highest BCUT2D eigenvalue weighted by Gasteiger charge is 2.18. The van der Waals surface area contributed by atoms with Gasteiger partial charge in [0.05, 0.1) is 11.4 Å². The Morgan fingerprint density at radius 3 is 2.33 bits per heavy atom. The van der Waals surface area contributed by atoms with E-state index < -0.39 is 15.9 Å². The van der Waals surface area contributed by atoms with Gasteiger partial charge in [0.1, 0.15) is 5.76 Å². The van der Waals surface area contributed by atoms with Crippen molar-refractivity contribution in [3.63, 3.8) is 0 Å². The molecule has 3 heterocycles. The van der Waals surface area contributed by atoms with Crippen LogP contribution >= 0.6 is 0 Å². The maximum absolute atomic E-state index is 12.6. The zero-order chi connectivity index (χ0) is 23.4. The average Bonchev–Trinajstić information content (AvgIpc) is 3.22. The molecule has 0 bridgehead atoms. The van der Waals surface area contributed by atoms with Crippen LogP contribution in [-0.4, -0.2) is 42.3 Å². The molecule has 33 heavy (non-hydrogen) atoms. The van der Waals surface area contributed by atoms with Gasteiger partial charge in [-0.15, -0.1) is 0 Å². The van der Waals surface area contributed by atoms with E-state index in [0.29, 0.717) is 23.6 Å². The Bertz CT molecular complexity index is 1210. The Morgan fingerprint density at radius 2 is 1.67 bits per heavy atom. The number of carbonyl (C=O) groups excluding carboxylic acids is 1. The standard InChI is InChI=1S/C23H27N5O4S/c1-16-14-17(2)25-23(24-16)27-33(30,31)20-9-6-18(7-10-20)26-22(29)21-11-8-19(32-21)15-28-12-4-3-5-13-28/h6-11,14H,3-5,12-13,15H2,1-2H3,(H,26,29)(H,24,25,27). The first kappa shape index (κ1) is 22.9. The minimum absolute atomic E-state index is 0.0167. The molecular weight excluding hydrogens is 442 g/mol. The molecule has 4 rings (SSSR count). The molecule has 2 N–H and O–H groups in total. The van der Waals surface area contributed by atoms with Gasteiger partial charge in [-0.25, -0.2) is 23.1 Å². The number of sulfonamides is 1. The smallest absolute Gasteiger partial charge is 0.291 e. The Hall–Kier alpha value is -3.24. The quantitative estimate of drug-likeness (QED) is 0.541. The third-order valence-corrected chi connectivity index (χ3v) is 6.69. The lowest BCUT2D eigenvalue weighted by molar-refractivity contribution is 0.0992. The normalized spacial score (nSPS) is 14.7. The molecule has 0 saturated carbocycles. The van der Waals surface area contributed by atoms with E-state index in [2.05, 4.69) is 24.9 Å². The van der Waals surface area contributed by atoms with Crippen molar-refractivity contribution >= 4 is 27.6 Å². The molecule has 1 saturated heterocycles. The summed E-state index contributed by atoms with van der Waals surface area (Å²) in [6.07, 6.45) is 3.64. The number of nitrogens with zero attached hydrogens (tertiary/aromatic N) is 3. The highest BCUT2D eigenvalue weighted by Crippen LogP contribution is 2.19. The second-order valence-electron chi connectivity index (χ2n) is 8.16. The number of likely N-dealkylation sites (tertiary alicyclic amines) is 1. The summed E-state index contributed by atoms with van der Waals surface area (Å²) in [6.45, 7) is 6.31. The van der Waals surface area contributed by atoms with Crippen molar-refractivity contribution in [2.45, 2.75) is 44.6 Å². The van der Waals surface area contributed by atoms with Crippen LogP contribution < -0.4 is 10.0 Å². The first-order chi connectivity index (χ1) is 15.8. The second-order valence-corrected chi connectivity index (χ2v) is 9.84. The minimum atomic E-state index is -3.87. The number of hydrogen-bond acceptors (Lipinski definition) is 7. The zero-order valence-electron chi connectivity index (χ0n) is 18.7. The van der Waals surface area contributed by atoms with Crippen LogP contribution in [0.25, 0.3) is 0 Å². The Balaban J connectivity index is 1.38. The number of hydrogen-bond donors (Lipinski definition) is 2. The molecule has 174 valence electrons. The van der Waals surface area contributed by atoms with E-state index in [4.69, 9.17) is 4.42 Å². The van der Waals surface area contributed by atoms with Gasteiger partial charge in [0.25, 0.3) is 15.9 Å². The molecule has 0 spiro atoms. The largest absolute Gasteiger partial charge is 0.455 e. The third-order valence-electron chi connectivity index (χ3n) is 5.34. The van der Waals surface area contributed by atoms with Crippen molar-refractivity contribution in [1.29, 1.82) is 0 Å². The lowest BCUT2D eigenvalue weighted by atomic mass is 10.1. The van der Waals surface area contributed by atoms with Gasteiger partial charge in [0.15, 0.2) is 5.76 Å². The van der Waals surface area contributed by atoms with E-state index >= 15 is 0 Å². The highest BCUT2D eigenvalue weighted by molar-refractivity contribution is 7.92. The van der Waals surface area contributed by atoms with Gasteiger partial charge in [-0.05, 0) is 82.2 Å². The Morgan fingerprint density at radius 1 is 1.00 bits per heavy atom. The van der Waals surface area contributed by atoms with Crippen LogP contribution in [0.3, 0.4) is 0 Å². The fourth-order valence-corrected chi connectivity index (χ4v) is 4.73. The molecule has 0 atom stereocenters. The number of anilines is 2. The molecule has 1 aliphatic heterocycles.